The molecule has 1 aromatic rings. The molecule has 2 aliphatic rings. The number of anilines is 1. The molecule has 2 saturated heterocycles. The second-order valence-electron chi connectivity index (χ2n) is 7.92. The number of ether oxygens (including phenoxy) is 1. The molecule has 2 fully saturated rings. The number of pyridine rings is 1. The van der Waals surface area contributed by atoms with Crippen LogP contribution in [0.25, 0.3) is 6.08 Å². The van der Waals surface area contributed by atoms with Crippen molar-refractivity contribution in [2.45, 2.75) is 40.2 Å². The molecule has 2 aliphatic heterocycles. The molecule has 0 bridgehead atoms. The Morgan fingerprint density at radius 2 is 2.13 bits per heavy atom. The quantitative estimate of drug-likeness (QED) is 0.477. The zero-order valence-electron chi connectivity index (χ0n) is 18.4. The van der Waals surface area contributed by atoms with Crippen LogP contribution < -0.4 is 10.5 Å². The highest BCUT2D eigenvalue weighted by atomic mass is 32.2. The predicted molar refractivity (Wildman–Crippen MR) is 128 cm³/mol. The van der Waals surface area contributed by atoms with Gasteiger partial charge in [-0.25, -0.2) is 0 Å². The molecule has 0 N–H and O–H groups in total. The zero-order chi connectivity index (χ0) is 22.7. The van der Waals surface area contributed by atoms with Gasteiger partial charge in [-0.3, -0.25) is 19.1 Å². The maximum Gasteiger partial charge on any atom is 0.270 e. The van der Waals surface area contributed by atoms with Crippen molar-refractivity contribution in [2.75, 3.05) is 38.3 Å². The number of thiocarbonyl (C=S) groups is 1. The first kappa shape index (κ1) is 23.5. The minimum absolute atomic E-state index is 0.122. The van der Waals surface area contributed by atoms with Gasteiger partial charge in [0.05, 0.1) is 18.1 Å². The molecule has 0 spiro atoms. The van der Waals surface area contributed by atoms with Crippen molar-refractivity contribution in [3.8, 4) is 6.07 Å². The third-order valence-electron chi connectivity index (χ3n) is 5.79. The smallest absolute Gasteiger partial charge is 0.270 e. The largest absolute Gasteiger partial charge is 0.383 e. The number of amides is 1. The molecule has 1 amide bonds. The Labute approximate surface area is 192 Å². The van der Waals surface area contributed by atoms with E-state index in [2.05, 4.69) is 17.9 Å². The number of piperidine rings is 1. The normalized spacial score (nSPS) is 20.6. The highest BCUT2D eigenvalue weighted by Crippen LogP contribution is 2.36. The second-order valence-corrected chi connectivity index (χ2v) is 9.59. The van der Waals surface area contributed by atoms with Crippen LogP contribution in [0, 0.1) is 24.2 Å². The first-order chi connectivity index (χ1) is 14.8. The molecule has 0 aromatic carbocycles. The number of hydrogen-bond donors (Lipinski definition) is 0. The summed E-state index contributed by atoms with van der Waals surface area (Å²) in [5.74, 6) is 1.13. The molecule has 3 heterocycles. The zero-order valence-corrected chi connectivity index (χ0v) is 20.1. The van der Waals surface area contributed by atoms with Crippen molar-refractivity contribution >= 4 is 46.1 Å². The molecule has 7 nitrogen and oxygen atoms in total. The first-order valence-corrected chi connectivity index (χ1v) is 11.7. The number of methoxy groups -OCH3 is 1. The molecule has 0 radical (unpaired) electrons. The van der Waals surface area contributed by atoms with E-state index in [1.54, 1.807) is 18.6 Å². The average Bonchev–Trinajstić information content (AvgIpc) is 3.01. The van der Waals surface area contributed by atoms with Gasteiger partial charge in [0.15, 0.2) is 0 Å². The van der Waals surface area contributed by atoms with E-state index in [-0.39, 0.29) is 17.0 Å². The topological polar surface area (TPSA) is 78.6 Å². The van der Waals surface area contributed by atoms with E-state index in [1.807, 2.05) is 13.0 Å². The molecule has 31 heavy (non-hydrogen) atoms. The lowest BCUT2D eigenvalue weighted by Gasteiger charge is -2.35. The van der Waals surface area contributed by atoms with E-state index in [1.165, 1.54) is 16.7 Å². The maximum atomic E-state index is 13.1. The highest BCUT2D eigenvalue weighted by Gasteiger charge is 2.33. The summed E-state index contributed by atoms with van der Waals surface area (Å²) in [6, 6.07) is 2.07. The van der Waals surface area contributed by atoms with Crippen LogP contribution in [0.15, 0.2) is 9.70 Å². The molecule has 9 heteroatoms. The monoisotopic (exact) mass is 460 g/mol. The molecule has 1 aromatic heterocycles. The standard InChI is InChI=1S/C22H28N4O3S2/c1-5-25-19(24-8-6-7-14(2)13-24)16(15(3)17(12-23)20(25)27)11-18-21(28)26(9-10-29-4)22(30)31-18/h11,14H,5-10,13H2,1-4H3/b18-11+. The van der Waals surface area contributed by atoms with Crippen molar-refractivity contribution in [3.63, 3.8) is 0 Å². The molecule has 166 valence electrons. The number of nitrogens with zero attached hydrogens (tertiary/aromatic N) is 4. The fraction of sp³-hybridized carbons (Fsp3) is 0.545. The number of carbonyl (C=O) groups excluding carboxylic acids is 1. The van der Waals surface area contributed by atoms with Crippen LogP contribution in [0.4, 0.5) is 5.82 Å². The van der Waals surface area contributed by atoms with E-state index in [0.717, 1.165) is 37.3 Å². The summed E-state index contributed by atoms with van der Waals surface area (Å²) in [5, 5.41) is 9.67. The number of rotatable bonds is 6. The Bertz CT molecular complexity index is 1030. The average molecular weight is 461 g/mol. The summed E-state index contributed by atoms with van der Waals surface area (Å²) in [6.07, 6.45) is 3.99. The summed E-state index contributed by atoms with van der Waals surface area (Å²) < 4.78 is 7.25. The van der Waals surface area contributed by atoms with E-state index >= 15 is 0 Å². The summed E-state index contributed by atoms with van der Waals surface area (Å²) in [5.41, 5.74) is 1.20. The van der Waals surface area contributed by atoms with Crippen LogP contribution in [0.5, 0.6) is 0 Å². The van der Waals surface area contributed by atoms with Crippen LogP contribution in [0.1, 0.15) is 43.4 Å². The molecule has 1 unspecified atom stereocenters. The summed E-state index contributed by atoms with van der Waals surface area (Å²) in [7, 11) is 1.58. The minimum atomic E-state index is -0.277. The molecule has 3 rings (SSSR count). The Balaban J connectivity index is 2.18. The van der Waals surface area contributed by atoms with Gasteiger partial charge in [-0.2, -0.15) is 5.26 Å². The SMILES string of the molecule is CCn1c(N2CCCC(C)C2)c(/C=C2/SC(=S)N(CCOC)C2=O)c(C)c(C#N)c1=O. The van der Waals surface area contributed by atoms with Crippen molar-refractivity contribution < 1.29 is 9.53 Å². The van der Waals surface area contributed by atoms with Crippen LogP contribution in [0.2, 0.25) is 0 Å². The second kappa shape index (κ2) is 9.98. The van der Waals surface area contributed by atoms with Gasteiger partial charge in [0.25, 0.3) is 11.5 Å². The summed E-state index contributed by atoms with van der Waals surface area (Å²) in [4.78, 5) is 30.3. The van der Waals surface area contributed by atoms with E-state index in [4.69, 9.17) is 17.0 Å². The van der Waals surface area contributed by atoms with E-state index < -0.39 is 0 Å². The predicted octanol–water partition coefficient (Wildman–Crippen LogP) is 3.13. The fourth-order valence-electron chi connectivity index (χ4n) is 4.17. The van der Waals surface area contributed by atoms with Gasteiger partial charge in [-0.1, -0.05) is 30.9 Å². The lowest BCUT2D eigenvalue weighted by Crippen LogP contribution is -2.40. The number of aromatic nitrogens is 1. The van der Waals surface area contributed by atoms with E-state index in [9.17, 15) is 14.9 Å². The lowest BCUT2D eigenvalue weighted by atomic mass is 9.98. The Morgan fingerprint density at radius 3 is 2.74 bits per heavy atom. The van der Waals surface area contributed by atoms with Crippen molar-refractivity contribution in [2.24, 2.45) is 5.92 Å². The number of carbonyl (C=O) groups is 1. The van der Waals surface area contributed by atoms with Gasteiger partial charge in [-0.15, -0.1) is 0 Å². The molecular formula is C22H28N4O3S2. The van der Waals surface area contributed by atoms with Crippen molar-refractivity contribution in [3.05, 3.63) is 31.9 Å². The fourth-order valence-corrected chi connectivity index (χ4v) is 5.46. The molecular weight excluding hydrogens is 432 g/mol. The maximum absolute atomic E-state index is 13.1. The van der Waals surface area contributed by atoms with Crippen LogP contribution in [-0.2, 0) is 16.1 Å². The third-order valence-corrected chi connectivity index (χ3v) is 7.16. The van der Waals surface area contributed by atoms with Crippen LogP contribution >= 0.6 is 24.0 Å². The number of thioether (sulfide) groups is 1. The first-order valence-electron chi connectivity index (χ1n) is 10.5. The number of nitriles is 1. The van der Waals surface area contributed by atoms with Crippen molar-refractivity contribution in [1.82, 2.24) is 9.47 Å². The summed E-state index contributed by atoms with van der Waals surface area (Å²) in [6.45, 7) is 8.81. The van der Waals surface area contributed by atoms with Gasteiger partial charge < -0.3 is 9.64 Å². The Hall–Kier alpha value is -2.15. The molecule has 1 atom stereocenters. The Kier molecular flexibility index (Phi) is 7.57. The van der Waals surface area contributed by atoms with Gasteiger partial charge in [0.2, 0.25) is 0 Å². The highest BCUT2D eigenvalue weighted by molar-refractivity contribution is 8.26. The molecule has 0 aliphatic carbocycles. The van der Waals surface area contributed by atoms with E-state index in [0.29, 0.717) is 40.4 Å². The van der Waals surface area contributed by atoms with Crippen molar-refractivity contribution in [1.29, 1.82) is 5.26 Å². The lowest BCUT2D eigenvalue weighted by molar-refractivity contribution is -0.122. The minimum Gasteiger partial charge on any atom is -0.383 e. The third kappa shape index (κ3) is 4.56. The summed E-state index contributed by atoms with van der Waals surface area (Å²) >= 11 is 6.65. The molecule has 0 saturated carbocycles. The Morgan fingerprint density at radius 1 is 1.39 bits per heavy atom. The van der Waals surface area contributed by atoms with Gasteiger partial charge >= 0.3 is 0 Å². The number of hydrogen-bond acceptors (Lipinski definition) is 7. The van der Waals surface area contributed by atoms with Crippen LogP contribution in [-0.4, -0.2) is 53.0 Å². The van der Waals surface area contributed by atoms with Gasteiger partial charge in [-0.05, 0) is 44.2 Å². The van der Waals surface area contributed by atoms with Crippen LogP contribution in [0.3, 0.4) is 0 Å². The van der Waals surface area contributed by atoms with Gasteiger partial charge in [0.1, 0.15) is 21.8 Å². The van der Waals surface area contributed by atoms with Gasteiger partial charge in [0, 0.05) is 32.3 Å².